The number of nitrogens with zero attached hydrogens (tertiary/aromatic N) is 2. The maximum atomic E-state index is 10.1. The van der Waals surface area contributed by atoms with E-state index in [0.717, 1.165) is 42.9 Å². The molecule has 0 spiro atoms. The molecule has 0 bridgehead atoms. The van der Waals surface area contributed by atoms with Crippen LogP contribution in [-0.2, 0) is 15.8 Å². The molecular weight excluding hydrogens is 388 g/mol. The average Bonchev–Trinajstić information content (AvgIpc) is 3.52. The number of hydrogen-bond acceptors (Lipinski definition) is 4. The molecule has 2 aliphatic carbocycles. The monoisotopic (exact) mass is 414 g/mol. The summed E-state index contributed by atoms with van der Waals surface area (Å²) in [6, 6.07) is 23.4. The molecule has 30 heavy (non-hydrogen) atoms. The third-order valence-corrected chi connectivity index (χ3v) is 7.93. The smallest absolute Gasteiger partial charge is 0.125 e. The Kier molecular flexibility index (Phi) is 5.18. The first-order valence-corrected chi connectivity index (χ1v) is 11.7. The first-order chi connectivity index (χ1) is 14.7. The van der Waals surface area contributed by atoms with Gasteiger partial charge in [-0.25, -0.2) is 4.98 Å². The highest BCUT2D eigenvalue weighted by atomic mass is 32.1. The number of rotatable bonds is 6. The Morgan fingerprint density at radius 1 is 0.967 bits per heavy atom. The molecule has 152 valence electrons. The standard InChI is InChI=1S/C26H26N2OS/c27-19-25(22-9-5-2-6-10-22)13-15-26(16-14-25,29-18-20-11-12-20)24-28-17-23(30-24)21-7-3-1-4-8-21/h1-10,17,20H,11-16,18H2/t25-,26+. The zero-order chi connectivity index (χ0) is 20.4. The van der Waals surface area contributed by atoms with E-state index in [4.69, 9.17) is 9.72 Å². The summed E-state index contributed by atoms with van der Waals surface area (Å²) >= 11 is 1.75. The molecule has 3 nitrogen and oxygen atoms in total. The van der Waals surface area contributed by atoms with Crippen LogP contribution in [0.25, 0.3) is 10.4 Å². The number of thiazole rings is 1. The van der Waals surface area contributed by atoms with Crippen LogP contribution in [-0.4, -0.2) is 11.6 Å². The van der Waals surface area contributed by atoms with E-state index in [-0.39, 0.29) is 5.60 Å². The van der Waals surface area contributed by atoms with Crippen molar-refractivity contribution >= 4 is 11.3 Å². The number of nitriles is 1. The highest BCUT2D eigenvalue weighted by molar-refractivity contribution is 7.15. The lowest BCUT2D eigenvalue weighted by atomic mass is 9.66. The molecule has 0 aliphatic heterocycles. The molecule has 0 saturated heterocycles. The minimum absolute atomic E-state index is 0.366. The first-order valence-electron chi connectivity index (χ1n) is 10.9. The highest BCUT2D eigenvalue weighted by Gasteiger charge is 2.47. The molecule has 0 N–H and O–H groups in total. The average molecular weight is 415 g/mol. The minimum atomic E-state index is -0.423. The summed E-state index contributed by atoms with van der Waals surface area (Å²) in [5.41, 5.74) is 1.54. The van der Waals surface area contributed by atoms with Gasteiger partial charge in [-0.15, -0.1) is 11.3 Å². The quantitative estimate of drug-likeness (QED) is 0.464. The summed E-state index contributed by atoms with van der Waals surface area (Å²) in [4.78, 5) is 6.02. The summed E-state index contributed by atoms with van der Waals surface area (Å²) in [7, 11) is 0. The zero-order valence-corrected chi connectivity index (χ0v) is 17.9. The van der Waals surface area contributed by atoms with Gasteiger partial charge in [0, 0.05) is 6.20 Å². The Hall–Kier alpha value is -2.48. The number of hydrogen-bond donors (Lipinski definition) is 0. The molecule has 5 rings (SSSR count). The molecule has 2 aliphatic rings. The molecule has 0 atom stereocenters. The van der Waals surface area contributed by atoms with Crippen molar-refractivity contribution in [1.29, 1.82) is 5.26 Å². The van der Waals surface area contributed by atoms with Crippen molar-refractivity contribution < 1.29 is 4.74 Å². The van der Waals surface area contributed by atoms with Crippen molar-refractivity contribution in [2.45, 2.75) is 49.5 Å². The van der Waals surface area contributed by atoms with Gasteiger partial charge in [0.2, 0.25) is 0 Å². The summed E-state index contributed by atoms with van der Waals surface area (Å²) in [6.07, 6.45) is 7.82. The predicted molar refractivity (Wildman–Crippen MR) is 120 cm³/mol. The SMILES string of the molecule is N#C[C@]1(c2ccccc2)CC[C@](OCC2CC2)(c2ncc(-c3ccccc3)s2)CC1. The van der Waals surface area contributed by atoms with Crippen molar-refractivity contribution in [2.24, 2.45) is 5.92 Å². The third-order valence-electron chi connectivity index (χ3n) is 6.70. The van der Waals surface area contributed by atoms with Crippen LogP contribution in [0.15, 0.2) is 66.9 Å². The van der Waals surface area contributed by atoms with Crippen LogP contribution in [0.1, 0.15) is 49.1 Å². The van der Waals surface area contributed by atoms with Crippen LogP contribution >= 0.6 is 11.3 Å². The summed E-state index contributed by atoms with van der Waals surface area (Å²) < 4.78 is 6.64. The fraction of sp³-hybridized carbons (Fsp3) is 0.385. The molecular formula is C26H26N2OS. The lowest BCUT2D eigenvalue weighted by Crippen LogP contribution is -2.41. The Balaban J connectivity index is 1.43. The van der Waals surface area contributed by atoms with Gasteiger partial charge in [-0.3, -0.25) is 0 Å². The molecule has 2 aromatic carbocycles. The summed E-state index contributed by atoms with van der Waals surface area (Å²) in [6.45, 7) is 0.811. The van der Waals surface area contributed by atoms with Crippen molar-refractivity contribution in [3.63, 3.8) is 0 Å². The maximum Gasteiger partial charge on any atom is 0.125 e. The molecule has 2 saturated carbocycles. The second-order valence-electron chi connectivity index (χ2n) is 8.70. The molecule has 0 radical (unpaired) electrons. The van der Waals surface area contributed by atoms with Crippen LogP contribution in [0.4, 0.5) is 0 Å². The maximum absolute atomic E-state index is 10.1. The fourth-order valence-corrected chi connectivity index (χ4v) is 5.63. The lowest BCUT2D eigenvalue weighted by molar-refractivity contribution is -0.0881. The predicted octanol–water partition coefficient (Wildman–Crippen LogP) is 6.47. The van der Waals surface area contributed by atoms with E-state index in [2.05, 4.69) is 42.5 Å². The van der Waals surface area contributed by atoms with Crippen LogP contribution in [0.2, 0.25) is 0 Å². The topological polar surface area (TPSA) is 45.9 Å². The fourth-order valence-electron chi connectivity index (χ4n) is 4.51. The molecule has 3 aromatic rings. The second kappa shape index (κ2) is 7.98. The lowest BCUT2D eigenvalue weighted by Gasteiger charge is -2.42. The van der Waals surface area contributed by atoms with Gasteiger partial charge in [0.1, 0.15) is 10.6 Å². The van der Waals surface area contributed by atoms with E-state index in [1.807, 2.05) is 30.5 Å². The molecule has 2 fully saturated rings. The number of benzene rings is 2. The molecule has 4 heteroatoms. The van der Waals surface area contributed by atoms with Crippen LogP contribution in [0.5, 0.6) is 0 Å². The second-order valence-corrected chi connectivity index (χ2v) is 9.73. The van der Waals surface area contributed by atoms with Crippen molar-refractivity contribution in [3.8, 4) is 16.5 Å². The summed E-state index contributed by atoms with van der Waals surface area (Å²) in [5.74, 6) is 0.701. The Morgan fingerprint density at radius 3 is 2.27 bits per heavy atom. The highest BCUT2D eigenvalue weighted by Crippen LogP contribution is 2.51. The van der Waals surface area contributed by atoms with Gasteiger partial charge < -0.3 is 4.74 Å². The molecule has 1 aromatic heterocycles. The Morgan fingerprint density at radius 2 is 1.63 bits per heavy atom. The Labute approximate surface area is 182 Å². The number of aromatic nitrogens is 1. The molecule has 1 heterocycles. The van der Waals surface area contributed by atoms with E-state index in [0.29, 0.717) is 5.92 Å². The van der Waals surface area contributed by atoms with Gasteiger partial charge >= 0.3 is 0 Å². The van der Waals surface area contributed by atoms with Gasteiger partial charge in [-0.1, -0.05) is 60.7 Å². The van der Waals surface area contributed by atoms with Crippen molar-refractivity contribution in [3.05, 3.63) is 77.4 Å². The van der Waals surface area contributed by atoms with Gasteiger partial charge in [-0.05, 0) is 55.6 Å². The minimum Gasteiger partial charge on any atom is -0.368 e. The third kappa shape index (κ3) is 3.69. The van der Waals surface area contributed by atoms with Crippen LogP contribution < -0.4 is 0 Å². The first kappa shape index (κ1) is 19.5. The van der Waals surface area contributed by atoms with Crippen molar-refractivity contribution in [1.82, 2.24) is 4.98 Å². The molecule has 0 unspecified atom stereocenters. The van der Waals surface area contributed by atoms with E-state index >= 15 is 0 Å². The zero-order valence-electron chi connectivity index (χ0n) is 17.1. The van der Waals surface area contributed by atoms with E-state index in [1.54, 1.807) is 11.3 Å². The van der Waals surface area contributed by atoms with Gasteiger partial charge in [0.25, 0.3) is 0 Å². The Bertz CT molecular complexity index is 1030. The number of ether oxygens (including phenoxy) is 1. The normalized spacial score (nSPS) is 26.2. The van der Waals surface area contributed by atoms with Gasteiger partial charge in [-0.2, -0.15) is 5.26 Å². The van der Waals surface area contributed by atoms with Gasteiger partial charge in [0.05, 0.1) is 23.0 Å². The van der Waals surface area contributed by atoms with E-state index < -0.39 is 5.41 Å². The van der Waals surface area contributed by atoms with E-state index in [9.17, 15) is 5.26 Å². The van der Waals surface area contributed by atoms with Gasteiger partial charge in [0.15, 0.2) is 0 Å². The summed E-state index contributed by atoms with van der Waals surface area (Å²) in [5, 5.41) is 11.2. The van der Waals surface area contributed by atoms with Crippen LogP contribution in [0.3, 0.4) is 0 Å². The molecule has 0 amide bonds. The van der Waals surface area contributed by atoms with Crippen LogP contribution in [0, 0.1) is 17.2 Å². The largest absolute Gasteiger partial charge is 0.368 e. The van der Waals surface area contributed by atoms with E-state index in [1.165, 1.54) is 23.3 Å². The van der Waals surface area contributed by atoms with Crippen molar-refractivity contribution in [2.75, 3.05) is 6.61 Å².